The molecule has 0 amide bonds. The molecule has 0 aromatic heterocycles. The number of hydrogen-bond donors (Lipinski definition) is 2. The average molecular weight is 178 g/mol. The number of hydrogen-bond acceptors (Lipinski definition) is 4. The van der Waals surface area contributed by atoms with Gasteiger partial charge < -0.3 is 19.7 Å². The molecule has 12 heavy (non-hydrogen) atoms. The number of ether oxygens (including phenoxy) is 2. The molecule has 4 heteroatoms. The Bertz CT molecular complexity index is 85.1. The molecule has 0 saturated carbocycles. The summed E-state index contributed by atoms with van der Waals surface area (Å²) in [4.78, 5) is 0. The second-order valence-corrected chi connectivity index (χ2v) is 2.80. The lowest BCUT2D eigenvalue weighted by molar-refractivity contribution is 0.0257. The van der Waals surface area contributed by atoms with Gasteiger partial charge in [0.25, 0.3) is 0 Å². The third kappa shape index (κ3) is 6.54. The predicted octanol–water partition coefficient (Wildman–Crippen LogP) is -0.219. The molecule has 2 N–H and O–H groups in total. The van der Waals surface area contributed by atoms with Crippen LogP contribution in [-0.4, -0.2) is 49.9 Å². The van der Waals surface area contributed by atoms with Gasteiger partial charge in [-0.2, -0.15) is 0 Å². The van der Waals surface area contributed by atoms with Crippen molar-refractivity contribution < 1.29 is 19.7 Å². The third-order valence-electron chi connectivity index (χ3n) is 1.55. The quantitative estimate of drug-likeness (QED) is 0.566. The maximum atomic E-state index is 9.19. The molecule has 0 bridgehead atoms. The van der Waals surface area contributed by atoms with Gasteiger partial charge in [0.15, 0.2) is 0 Å². The minimum Gasteiger partial charge on any atom is -0.391 e. The van der Waals surface area contributed by atoms with Gasteiger partial charge in [-0.15, -0.1) is 0 Å². The molecule has 0 aliphatic rings. The molecule has 0 fully saturated rings. The topological polar surface area (TPSA) is 58.9 Å². The lowest BCUT2D eigenvalue weighted by Gasteiger charge is -2.12. The summed E-state index contributed by atoms with van der Waals surface area (Å²) in [6.45, 7) is 0.638. The Kier molecular flexibility index (Phi) is 7.39. The first kappa shape index (κ1) is 11.8. The minimum atomic E-state index is -0.485. The molecule has 0 unspecified atom stereocenters. The maximum absolute atomic E-state index is 9.19. The van der Waals surface area contributed by atoms with Crippen molar-refractivity contribution in [3.63, 3.8) is 0 Å². The number of aliphatic hydroxyl groups is 2. The lowest BCUT2D eigenvalue weighted by Crippen LogP contribution is -2.20. The van der Waals surface area contributed by atoms with Crippen molar-refractivity contribution in [3.8, 4) is 0 Å². The first-order chi connectivity index (χ1) is 5.70. The van der Waals surface area contributed by atoms with Gasteiger partial charge in [-0.1, -0.05) is 0 Å². The Hall–Kier alpha value is -0.160. The summed E-state index contributed by atoms with van der Waals surface area (Å²) in [7, 11) is 3.07. The second-order valence-electron chi connectivity index (χ2n) is 2.80. The van der Waals surface area contributed by atoms with Crippen LogP contribution in [0, 0.1) is 0 Å². The zero-order valence-electron chi connectivity index (χ0n) is 7.69. The fourth-order valence-electron chi connectivity index (χ4n) is 0.936. The molecule has 0 heterocycles. The summed E-state index contributed by atoms with van der Waals surface area (Å²) in [5.74, 6) is 0. The molecule has 2 atom stereocenters. The summed E-state index contributed by atoms with van der Waals surface area (Å²) in [5, 5.41) is 18.4. The van der Waals surface area contributed by atoms with Gasteiger partial charge in [-0.25, -0.2) is 0 Å². The van der Waals surface area contributed by atoms with Crippen LogP contribution in [-0.2, 0) is 9.47 Å². The highest BCUT2D eigenvalue weighted by molar-refractivity contribution is 4.59. The van der Waals surface area contributed by atoms with Crippen LogP contribution in [0.15, 0.2) is 0 Å². The monoisotopic (exact) mass is 178 g/mol. The van der Waals surface area contributed by atoms with Crippen LogP contribution in [0.4, 0.5) is 0 Å². The van der Waals surface area contributed by atoms with Gasteiger partial charge in [0.1, 0.15) is 0 Å². The summed E-state index contributed by atoms with van der Waals surface area (Å²) >= 11 is 0. The highest BCUT2D eigenvalue weighted by atomic mass is 16.5. The van der Waals surface area contributed by atoms with E-state index in [-0.39, 0.29) is 0 Å². The van der Waals surface area contributed by atoms with Gasteiger partial charge in [0, 0.05) is 14.2 Å². The van der Waals surface area contributed by atoms with Crippen molar-refractivity contribution in [3.05, 3.63) is 0 Å². The van der Waals surface area contributed by atoms with E-state index in [4.69, 9.17) is 9.47 Å². The smallest absolute Gasteiger partial charge is 0.0774 e. The number of methoxy groups -OCH3 is 2. The molecule has 0 aromatic rings. The zero-order valence-corrected chi connectivity index (χ0v) is 7.69. The van der Waals surface area contributed by atoms with E-state index in [1.165, 1.54) is 14.2 Å². The molecular weight excluding hydrogens is 160 g/mol. The van der Waals surface area contributed by atoms with Gasteiger partial charge >= 0.3 is 0 Å². The average Bonchev–Trinajstić information content (AvgIpc) is 2.02. The molecule has 0 aliphatic heterocycles. The van der Waals surface area contributed by atoms with Crippen LogP contribution in [0.1, 0.15) is 12.8 Å². The molecule has 0 aromatic carbocycles. The van der Waals surface area contributed by atoms with Crippen LogP contribution in [0.25, 0.3) is 0 Å². The van der Waals surface area contributed by atoms with E-state index in [0.717, 1.165) is 0 Å². The van der Waals surface area contributed by atoms with Gasteiger partial charge in [-0.3, -0.25) is 0 Å². The van der Waals surface area contributed by atoms with Gasteiger partial charge in [0.2, 0.25) is 0 Å². The van der Waals surface area contributed by atoms with E-state index in [1.807, 2.05) is 0 Å². The van der Waals surface area contributed by atoms with E-state index >= 15 is 0 Å². The zero-order chi connectivity index (χ0) is 9.40. The highest BCUT2D eigenvalue weighted by Crippen LogP contribution is 2.02. The molecular formula is C8H18O4. The second kappa shape index (κ2) is 7.49. The van der Waals surface area contributed by atoms with E-state index in [1.54, 1.807) is 0 Å². The van der Waals surface area contributed by atoms with Crippen molar-refractivity contribution in [1.82, 2.24) is 0 Å². The molecule has 0 aliphatic carbocycles. The Morgan fingerprint density at radius 1 is 0.917 bits per heavy atom. The van der Waals surface area contributed by atoms with Crippen LogP contribution in [0.5, 0.6) is 0 Å². The van der Waals surface area contributed by atoms with E-state index in [0.29, 0.717) is 26.1 Å². The molecule has 0 radical (unpaired) electrons. The molecule has 0 spiro atoms. The van der Waals surface area contributed by atoms with Gasteiger partial charge in [-0.05, 0) is 12.8 Å². The maximum Gasteiger partial charge on any atom is 0.0774 e. The van der Waals surface area contributed by atoms with E-state index < -0.39 is 12.2 Å². The van der Waals surface area contributed by atoms with Crippen LogP contribution in [0.2, 0.25) is 0 Å². The fraction of sp³-hybridized carbons (Fsp3) is 1.00. The first-order valence-corrected chi connectivity index (χ1v) is 4.04. The molecule has 0 rings (SSSR count). The normalized spacial score (nSPS) is 16.0. The first-order valence-electron chi connectivity index (χ1n) is 4.04. The third-order valence-corrected chi connectivity index (χ3v) is 1.55. The Labute approximate surface area is 73.1 Å². The standard InChI is InChI=1S/C8H18O4/c1-11-5-7(9)3-4-8(10)6-12-2/h7-10H,3-6H2,1-2H3/t7-,8-/m0/s1. The summed E-state index contributed by atoms with van der Waals surface area (Å²) in [5.41, 5.74) is 0. The van der Waals surface area contributed by atoms with E-state index in [9.17, 15) is 10.2 Å². The van der Waals surface area contributed by atoms with Crippen LogP contribution < -0.4 is 0 Å². The summed E-state index contributed by atoms with van der Waals surface area (Å²) in [6.07, 6.45) is 0.111. The van der Waals surface area contributed by atoms with E-state index in [2.05, 4.69) is 0 Å². The number of rotatable bonds is 7. The fourth-order valence-corrected chi connectivity index (χ4v) is 0.936. The van der Waals surface area contributed by atoms with Crippen molar-refractivity contribution in [2.75, 3.05) is 27.4 Å². The van der Waals surface area contributed by atoms with Crippen molar-refractivity contribution in [1.29, 1.82) is 0 Å². The SMILES string of the molecule is COC[C@@H](O)CC[C@H](O)COC. The van der Waals surface area contributed by atoms with Crippen LogP contribution >= 0.6 is 0 Å². The largest absolute Gasteiger partial charge is 0.391 e. The minimum absolute atomic E-state index is 0.319. The Balaban J connectivity index is 3.27. The van der Waals surface area contributed by atoms with Crippen molar-refractivity contribution in [2.24, 2.45) is 0 Å². The van der Waals surface area contributed by atoms with Crippen molar-refractivity contribution >= 4 is 0 Å². The summed E-state index contributed by atoms with van der Waals surface area (Å²) < 4.78 is 9.47. The summed E-state index contributed by atoms with van der Waals surface area (Å²) in [6, 6.07) is 0. The molecule has 0 saturated heterocycles. The number of aliphatic hydroxyl groups excluding tert-OH is 2. The molecule has 74 valence electrons. The highest BCUT2D eigenvalue weighted by Gasteiger charge is 2.08. The lowest BCUT2D eigenvalue weighted by atomic mass is 10.1. The van der Waals surface area contributed by atoms with Gasteiger partial charge in [0.05, 0.1) is 25.4 Å². The predicted molar refractivity (Wildman–Crippen MR) is 45.0 cm³/mol. The van der Waals surface area contributed by atoms with Crippen molar-refractivity contribution in [2.45, 2.75) is 25.0 Å². The Morgan fingerprint density at radius 3 is 1.50 bits per heavy atom. The molecule has 4 nitrogen and oxygen atoms in total. The Morgan fingerprint density at radius 2 is 1.25 bits per heavy atom. The van der Waals surface area contributed by atoms with Crippen LogP contribution in [0.3, 0.4) is 0 Å².